The third-order valence-electron chi connectivity index (χ3n) is 5.48. The van der Waals surface area contributed by atoms with Gasteiger partial charge in [-0.3, -0.25) is 4.57 Å². The summed E-state index contributed by atoms with van der Waals surface area (Å²) in [4.78, 5) is 0. The summed E-state index contributed by atoms with van der Waals surface area (Å²) >= 11 is 0. The molecule has 5 nitrogen and oxygen atoms in total. The van der Waals surface area contributed by atoms with Crippen LogP contribution in [-0.2, 0) is 28.6 Å². The van der Waals surface area contributed by atoms with Crippen LogP contribution in [0.15, 0.2) is 41.9 Å². The first-order valence-electron chi connectivity index (χ1n) is 9.28. The molecular weight excluding hydrogens is 379 g/mol. The maximum atomic E-state index is 13.1. The number of ether oxygens (including phenoxy) is 1. The number of hydrogen-bond donors (Lipinski definition) is 0. The highest BCUT2D eigenvalue weighted by atomic mass is 31.2. The van der Waals surface area contributed by atoms with Crippen molar-refractivity contribution in [2.45, 2.75) is 58.0 Å². The summed E-state index contributed by atoms with van der Waals surface area (Å²) in [5.74, 6) is -0.946. The summed E-state index contributed by atoms with van der Waals surface area (Å²) < 4.78 is 36.7. The molecule has 1 heterocycles. The molecule has 0 unspecified atom stereocenters. The van der Waals surface area contributed by atoms with Gasteiger partial charge in [0.25, 0.3) is 0 Å². The molecule has 0 radical (unpaired) electrons. The monoisotopic (exact) mass is 412 g/mol. The molecule has 0 amide bonds. The van der Waals surface area contributed by atoms with E-state index in [0.29, 0.717) is 6.42 Å². The van der Waals surface area contributed by atoms with Crippen molar-refractivity contribution >= 4 is 15.9 Å². The summed E-state index contributed by atoms with van der Waals surface area (Å²) in [6.45, 7) is 13.0. The van der Waals surface area contributed by atoms with Gasteiger partial charge in [-0.25, -0.2) is 0 Å². The van der Waals surface area contributed by atoms with Gasteiger partial charge in [0.2, 0.25) is 11.3 Å². The Bertz CT molecular complexity index is 718. The molecule has 0 spiro atoms. The van der Waals surface area contributed by atoms with E-state index in [1.54, 1.807) is 0 Å². The fourth-order valence-corrected chi connectivity index (χ4v) is 5.51. The Labute approximate surface area is 164 Å². The van der Waals surface area contributed by atoms with Crippen molar-refractivity contribution in [1.82, 2.24) is 0 Å². The van der Waals surface area contributed by atoms with Crippen LogP contribution in [0.25, 0.3) is 0 Å². The molecule has 0 aromatic heterocycles. The fourth-order valence-electron chi connectivity index (χ4n) is 2.93. The molecule has 0 N–H and O–H groups in total. The third kappa shape index (κ3) is 4.57. The van der Waals surface area contributed by atoms with E-state index in [2.05, 4.69) is 40.8 Å². The van der Waals surface area contributed by atoms with E-state index in [4.69, 9.17) is 18.2 Å². The van der Waals surface area contributed by atoms with Crippen molar-refractivity contribution in [3.8, 4) is 0 Å². The molecule has 2 atom stereocenters. The number of hydrogen-bond acceptors (Lipinski definition) is 5. The SMILES string of the molecule is COP(=O)(OC)C1=C[C@@H](C)C[C@@](O[Si](C)(C)C(C)(C)C)(c2ccccc2)O1. The van der Waals surface area contributed by atoms with Crippen molar-refractivity contribution in [2.24, 2.45) is 5.92 Å². The third-order valence-corrected chi connectivity index (χ3v) is 11.7. The van der Waals surface area contributed by atoms with Crippen molar-refractivity contribution in [1.29, 1.82) is 0 Å². The second kappa shape index (κ2) is 7.84. The lowest BCUT2D eigenvalue weighted by atomic mass is 9.93. The molecule has 0 saturated carbocycles. The van der Waals surface area contributed by atoms with Crippen LogP contribution in [0.2, 0.25) is 18.1 Å². The van der Waals surface area contributed by atoms with Crippen molar-refractivity contribution in [3.63, 3.8) is 0 Å². The number of rotatable bonds is 6. The summed E-state index contributed by atoms with van der Waals surface area (Å²) in [6, 6.07) is 9.87. The Morgan fingerprint density at radius 1 is 1.15 bits per heavy atom. The van der Waals surface area contributed by atoms with Crippen LogP contribution in [0.1, 0.15) is 39.7 Å². The lowest BCUT2D eigenvalue weighted by Crippen LogP contribution is -2.51. The van der Waals surface area contributed by atoms with E-state index >= 15 is 0 Å². The molecule has 1 aromatic carbocycles. The second-order valence-electron chi connectivity index (χ2n) is 8.63. The van der Waals surface area contributed by atoms with Crippen LogP contribution >= 0.6 is 7.60 Å². The quantitative estimate of drug-likeness (QED) is 0.409. The summed E-state index contributed by atoms with van der Waals surface area (Å²) in [6.07, 6.45) is 2.45. The van der Waals surface area contributed by atoms with Crippen LogP contribution in [0.3, 0.4) is 0 Å². The lowest BCUT2D eigenvalue weighted by molar-refractivity contribution is -0.186. The standard InChI is InChI=1S/C20H33O5PSi/c1-16-14-18(26(21,22-5)23-6)24-20(15-16,17-12-10-9-11-13-17)25-27(7,8)19(2,3)4/h9-14,16H,15H2,1-8H3/t16-,20-/m1/s1. The van der Waals surface area contributed by atoms with Crippen molar-refractivity contribution < 1.29 is 22.8 Å². The van der Waals surface area contributed by atoms with Gasteiger partial charge in [-0.15, -0.1) is 0 Å². The predicted octanol–water partition coefficient (Wildman–Crippen LogP) is 6.24. The van der Waals surface area contributed by atoms with Gasteiger partial charge < -0.3 is 18.2 Å². The van der Waals surface area contributed by atoms with E-state index in [0.717, 1.165) is 5.56 Å². The predicted molar refractivity (Wildman–Crippen MR) is 111 cm³/mol. The molecule has 0 fully saturated rings. The highest BCUT2D eigenvalue weighted by Gasteiger charge is 2.51. The zero-order chi connectivity index (χ0) is 20.5. The molecule has 2 rings (SSSR count). The molecule has 0 bridgehead atoms. The second-order valence-corrected chi connectivity index (χ2v) is 15.5. The van der Waals surface area contributed by atoms with Crippen LogP contribution in [0.4, 0.5) is 0 Å². The first kappa shape index (κ1) is 22.4. The van der Waals surface area contributed by atoms with E-state index in [-0.39, 0.29) is 16.5 Å². The Morgan fingerprint density at radius 3 is 2.19 bits per heavy atom. The van der Waals surface area contributed by atoms with Gasteiger partial charge in [-0.1, -0.05) is 58.0 Å². The minimum atomic E-state index is -3.53. The Morgan fingerprint density at radius 2 is 1.70 bits per heavy atom. The van der Waals surface area contributed by atoms with Gasteiger partial charge in [-0.05, 0) is 30.1 Å². The van der Waals surface area contributed by atoms with Gasteiger partial charge in [0.15, 0.2) is 8.32 Å². The number of allylic oxidation sites excluding steroid dienone is 1. The highest BCUT2D eigenvalue weighted by molar-refractivity contribution is 7.58. The summed E-state index contributed by atoms with van der Waals surface area (Å²) in [7, 11) is -3.00. The first-order valence-corrected chi connectivity index (χ1v) is 13.7. The molecule has 1 aliphatic rings. The Hall–Kier alpha value is -0.913. The van der Waals surface area contributed by atoms with E-state index in [1.165, 1.54) is 14.2 Å². The minimum absolute atomic E-state index is 0.00505. The highest BCUT2D eigenvalue weighted by Crippen LogP contribution is 2.60. The van der Waals surface area contributed by atoms with Crippen LogP contribution < -0.4 is 0 Å². The number of benzene rings is 1. The van der Waals surface area contributed by atoms with Gasteiger partial charge >= 0.3 is 7.60 Å². The van der Waals surface area contributed by atoms with E-state index in [1.807, 2.05) is 36.4 Å². The van der Waals surface area contributed by atoms with E-state index < -0.39 is 21.7 Å². The van der Waals surface area contributed by atoms with Crippen LogP contribution in [0, 0.1) is 5.92 Å². The van der Waals surface area contributed by atoms with Crippen molar-refractivity contribution in [3.05, 3.63) is 47.5 Å². The maximum Gasteiger partial charge on any atom is 0.394 e. The zero-order valence-corrected chi connectivity index (χ0v) is 19.6. The first-order chi connectivity index (χ1) is 12.4. The van der Waals surface area contributed by atoms with Gasteiger partial charge in [-0.2, -0.15) is 0 Å². The van der Waals surface area contributed by atoms with Crippen LogP contribution in [0.5, 0.6) is 0 Å². The van der Waals surface area contributed by atoms with E-state index in [9.17, 15) is 4.57 Å². The summed E-state index contributed by atoms with van der Waals surface area (Å²) in [5, 5.41) is -0.00505. The maximum absolute atomic E-state index is 13.1. The Kier molecular flexibility index (Phi) is 6.50. The van der Waals surface area contributed by atoms with Gasteiger partial charge in [0.05, 0.1) is 0 Å². The topological polar surface area (TPSA) is 54.0 Å². The van der Waals surface area contributed by atoms with Gasteiger partial charge in [0.1, 0.15) is 0 Å². The molecule has 27 heavy (non-hydrogen) atoms. The average molecular weight is 413 g/mol. The summed E-state index contributed by atoms with van der Waals surface area (Å²) in [5.41, 5.74) is 1.12. The van der Waals surface area contributed by atoms with Crippen molar-refractivity contribution in [2.75, 3.05) is 14.2 Å². The largest absolute Gasteiger partial charge is 0.451 e. The smallest absolute Gasteiger partial charge is 0.394 e. The minimum Gasteiger partial charge on any atom is -0.451 e. The lowest BCUT2D eigenvalue weighted by Gasteiger charge is -2.48. The molecule has 7 heteroatoms. The molecule has 0 saturated heterocycles. The molecular formula is C20H33O5PSi. The molecule has 1 aliphatic heterocycles. The molecule has 1 aromatic rings. The van der Waals surface area contributed by atoms with Crippen LogP contribution in [-0.4, -0.2) is 22.5 Å². The average Bonchev–Trinajstić information content (AvgIpc) is 2.60. The molecule has 0 aliphatic carbocycles. The zero-order valence-electron chi connectivity index (χ0n) is 17.7. The van der Waals surface area contributed by atoms with Gasteiger partial charge in [0, 0.05) is 26.2 Å². The Balaban J connectivity index is 2.58. The fraction of sp³-hybridized carbons (Fsp3) is 0.600. The molecule has 152 valence electrons. The normalized spacial score (nSPS) is 24.3.